The van der Waals surface area contributed by atoms with Crippen LogP contribution in [0.5, 0.6) is 5.75 Å². The van der Waals surface area contributed by atoms with Crippen LogP contribution in [0, 0.1) is 0 Å². The van der Waals surface area contributed by atoms with Gasteiger partial charge in [0.05, 0.1) is 13.2 Å². The largest absolute Gasteiger partial charge is 0.508 e. The topological polar surface area (TPSA) is 82.0 Å². The van der Waals surface area contributed by atoms with E-state index >= 15 is 0 Å². The normalized spacial score (nSPS) is 12.1. The molecule has 176 valence electrons. The maximum absolute atomic E-state index is 10.3. The van der Waals surface area contributed by atoms with Crippen molar-refractivity contribution in [3.63, 3.8) is 0 Å². The van der Waals surface area contributed by atoms with E-state index in [4.69, 9.17) is 4.74 Å². The number of phenols is 1. The minimum atomic E-state index is -0.691. The Hall–Kier alpha value is -2.70. The summed E-state index contributed by atoms with van der Waals surface area (Å²) in [7, 11) is 0. The third-order valence-electron chi connectivity index (χ3n) is 5.64. The molecule has 0 aromatic heterocycles. The Labute approximate surface area is 196 Å². The van der Waals surface area contributed by atoms with E-state index in [1.54, 1.807) is 18.2 Å². The molecule has 3 aromatic rings. The van der Waals surface area contributed by atoms with E-state index in [2.05, 4.69) is 47.8 Å². The number of aromatic hydroxyl groups is 1. The summed E-state index contributed by atoms with van der Waals surface area (Å²) in [5, 5.41) is 32.3. The second-order valence-electron chi connectivity index (χ2n) is 8.36. The van der Waals surface area contributed by atoms with Gasteiger partial charge in [0.2, 0.25) is 0 Å². The Morgan fingerprint density at radius 2 is 1.58 bits per heavy atom. The van der Waals surface area contributed by atoms with Gasteiger partial charge in [0.1, 0.15) is 12.0 Å². The smallest absolute Gasteiger partial charge is 0.121 e. The fraction of sp³-hybridized carbons (Fsp3) is 0.357. The average molecular weight is 450 g/mol. The summed E-state index contributed by atoms with van der Waals surface area (Å²) in [6, 6.07) is 23.9. The Morgan fingerprint density at radius 1 is 0.788 bits per heavy atom. The summed E-state index contributed by atoms with van der Waals surface area (Å²) in [4.78, 5) is 0. The predicted molar refractivity (Wildman–Crippen MR) is 131 cm³/mol. The van der Waals surface area contributed by atoms with Crippen LogP contribution in [0.2, 0.25) is 0 Å². The third kappa shape index (κ3) is 8.98. The molecule has 1 unspecified atom stereocenters. The molecule has 3 rings (SSSR count). The highest BCUT2D eigenvalue weighted by Gasteiger charge is 2.08. The van der Waals surface area contributed by atoms with Gasteiger partial charge in [-0.25, -0.2) is 0 Å². The summed E-state index contributed by atoms with van der Waals surface area (Å²) in [6.45, 7) is 1.80. The molecule has 5 nitrogen and oxygen atoms in total. The molecule has 0 fully saturated rings. The molecular weight excluding hydrogens is 414 g/mol. The molecule has 0 aliphatic heterocycles. The molecule has 1 atom stereocenters. The van der Waals surface area contributed by atoms with Crippen molar-refractivity contribution in [2.24, 2.45) is 0 Å². The molecule has 0 radical (unpaired) electrons. The number of benzene rings is 3. The van der Waals surface area contributed by atoms with Gasteiger partial charge >= 0.3 is 0 Å². The highest BCUT2D eigenvalue weighted by Crippen LogP contribution is 2.19. The fourth-order valence-corrected chi connectivity index (χ4v) is 3.81. The van der Waals surface area contributed by atoms with Crippen LogP contribution in [-0.4, -0.2) is 34.7 Å². The van der Waals surface area contributed by atoms with Crippen LogP contribution in [0.15, 0.2) is 72.8 Å². The van der Waals surface area contributed by atoms with E-state index in [-0.39, 0.29) is 12.4 Å². The first-order valence-corrected chi connectivity index (χ1v) is 11.7. The number of hydrogen-bond acceptors (Lipinski definition) is 5. The number of aryl methyl sites for hydroxylation is 1. The SMILES string of the molecule is OCc1cc(CC(O)NCCc2cccc(COCCCCc3ccccc3)c2)ccc1O. The van der Waals surface area contributed by atoms with Crippen molar-refractivity contribution in [2.75, 3.05) is 13.2 Å². The number of aliphatic hydroxyl groups is 2. The monoisotopic (exact) mass is 449 g/mol. The molecule has 0 aliphatic rings. The summed E-state index contributed by atoms with van der Waals surface area (Å²) in [5.74, 6) is 0.0692. The highest BCUT2D eigenvalue weighted by molar-refractivity contribution is 5.35. The zero-order valence-corrected chi connectivity index (χ0v) is 19.1. The number of nitrogens with one attached hydrogen (secondary N) is 1. The van der Waals surface area contributed by atoms with Gasteiger partial charge in [-0.05, 0) is 60.1 Å². The molecule has 0 amide bonds. The Bertz CT molecular complexity index is 961. The maximum Gasteiger partial charge on any atom is 0.121 e. The molecule has 5 heteroatoms. The van der Waals surface area contributed by atoms with Crippen LogP contribution in [0.4, 0.5) is 0 Å². The molecule has 0 bridgehead atoms. The zero-order chi connectivity index (χ0) is 23.3. The third-order valence-corrected chi connectivity index (χ3v) is 5.64. The lowest BCUT2D eigenvalue weighted by atomic mass is 10.1. The summed E-state index contributed by atoms with van der Waals surface area (Å²) in [5.41, 5.74) is 5.07. The predicted octanol–water partition coefficient (Wildman–Crippen LogP) is 4.12. The van der Waals surface area contributed by atoms with Crippen molar-refractivity contribution in [1.82, 2.24) is 5.32 Å². The summed E-state index contributed by atoms with van der Waals surface area (Å²) >= 11 is 0. The van der Waals surface area contributed by atoms with Crippen LogP contribution in [-0.2, 0) is 37.2 Å². The number of hydrogen-bond donors (Lipinski definition) is 4. The number of rotatable bonds is 14. The first-order chi connectivity index (χ1) is 16.1. The second kappa shape index (κ2) is 13.8. The van der Waals surface area contributed by atoms with Gasteiger partial charge in [0, 0.05) is 25.1 Å². The molecule has 0 heterocycles. The summed E-state index contributed by atoms with van der Waals surface area (Å²) < 4.78 is 5.86. The number of unbranched alkanes of at least 4 members (excludes halogenated alkanes) is 1. The van der Waals surface area contributed by atoms with Crippen LogP contribution >= 0.6 is 0 Å². The maximum atomic E-state index is 10.3. The van der Waals surface area contributed by atoms with Gasteiger partial charge in [-0.3, -0.25) is 5.32 Å². The molecule has 0 spiro atoms. The minimum Gasteiger partial charge on any atom is -0.508 e. The van der Waals surface area contributed by atoms with Crippen LogP contribution < -0.4 is 5.32 Å². The molecule has 3 aromatic carbocycles. The van der Waals surface area contributed by atoms with Crippen molar-refractivity contribution in [2.45, 2.75) is 51.5 Å². The number of ether oxygens (including phenoxy) is 1. The lowest BCUT2D eigenvalue weighted by molar-refractivity contribution is 0.117. The van der Waals surface area contributed by atoms with E-state index in [9.17, 15) is 15.3 Å². The minimum absolute atomic E-state index is 0.0692. The summed E-state index contributed by atoms with van der Waals surface area (Å²) in [6.07, 6.45) is 3.79. The van der Waals surface area contributed by atoms with Gasteiger partial charge in [-0.15, -0.1) is 0 Å². The van der Waals surface area contributed by atoms with Crippen molar-refractivity contribution in [3.05, 3.63) is 101 Å². The zero-order valence-electron chi connectivity index (χ0n) is 19.1. The fourth-order valence-electron chi connectivity index (χ4n) is 3.81. The highest BCUT2D eigenvalue weighted by atomic mass is 16.5. The van der Waals surface area contributed by atoms with Gasteiger partial charge < -0.3 is 20.1 Å². The molecule has 33 heavy (non-hydrogen) atoms. The molecule has 4 N–H and O–H groups in total. The van der Waals surface area contributed by atoms with E-state index in [1.165, 1.54) is 11.1 Å². The van der Waals surface area contributed by atoms with Crippen molar-refractivity contribution in [3.8, 4) is 5.75 Å². The Balaban J connectivity index is 1.32. The van der Waals surface area contributed by atoms with E-state index < -0.39 is 6.23 Å². The molecule has 0 aliphatic carbocycles. The van der Waals surface area contributed by atoms with Crippen molar-refractivity contribution >= 4 is 0 Å². The Morgan fingerprint density at radius 3 is 2.39 bits per heavy atom. The lowest BCUT2D eigenvalue weighted by Gasteiger charge is -2.14. The lowest BCUT2D eigenvalue weighted by Crippen LogP contribution is -2.32. The first-order valence-electron chi connectivity index (χ1n) is 11.7. The standard InChI is InChI=1S/C28H35NO4/c30-20-26-18-24(12-13-27(26)31)19-28(32)29-15-14-23-10-6-11-25(17-23)21-33-16-5-4-9-22-7-2-1-3-8-22/h1-3,6-8,10-13,17-18,28-32H,4-5,9,14-16,19-21H2. The quantitative estimate of drug-likeness (QED) is 0.220. The average Bonchev–Trinajstić information content (AvgIpc) is 2.83. The van der Waals surface area contributed by atoms with Gasteiger partial charge in [-0.2, -0.15) is 0 Å². The van der Waals surface area contributed by atoms with E-state index in [0.717, 1.165) is 43.4 Å². The second-order valence-corrected chi connectivity index (χ2v) is 8.36. The molecule has 0 saturated heterocycles. The van der Waals surface area contributed by atoms with E-state index in [0.29, 0.717) is 25.1 Å². The van der Waals surface area contributed by atoms with Crippen LogP contribution in [0.1, 0.15) is 40.7 Å². The van der Waals surface area contributed by atoms with Gasteiger partial charge in [0.15, 0.2) is 0 Å². The van der Waals surface area contributed by atoms with Crippen molar-refractivity contribution in [1.29, 1.82) is 0 Å². The molecule has 0 saturated carbocycles. The van der Waals surface area contributed by atoms with Gasteiger partial charge in [0.25, 0.3) is 0 Å². The first kappa shape index (κ1) is 24.9. The molecular formula is C28H35NO4. The number of aliphatic hydroxyl groups excluding tert-OH is 2. The Kier molecular flexibility index (Phi) is 10.4. The van der Waals surface area contributed by atoms with Crippen LogP contribution in [0.25, 0.3) is 0 Å². The van der Waals surface area contributed by atoms with Crippen LogP contribution in [0.3, 0.4) is 0 Å². The van der Waals surface area contributed by atoms with Crippen molar-refractivity contribution < 1.29 is 20.1 Å². The van der Waals surface area contributed by atoms with Gasteiger partial charge in [-0.1, -0.05) is 60.7 Å². The van der Waals surface area contributed by atoms with E-state index in [1.807, 2.05) is 12.1 Å².